The highest BCUT2D eigenvalue weighted by atomic mass is 127. The Balaban J connectivity index is 1.43. The number of hydrogen-bond donors (Lipinski definition) is 1. The van der Waals surface area contributed by atoms with Crippen molar-refractivity contribution in [2.75, 3.05) is 0 Å². The molecule has 1 heterocycles. The molecule has 32 heavy (non-hydrogen) atoms. The molecule has 3 aliphatic carbocycles. The number of carbonyl (C=O) groups excluding carboxylic acids is 2. The van der Waals surface area contributed by atoms with E-state index in [2.05, 4.69) is 29.4 Å². The largest absolute Gasteiger partial charge is 0.506 e. The number of amides is 2. The number of rotatable bonds is 2. The van der Waals surface area contributed by atoms with Crippen LogP contribution in [-0.2, 0) is 9.59 Å². The van der Waals surface area contributed by atoms with E-state index in [9.17, 15) is 14.7 Å². The van der Waals surface area contributed by atoms with Crippen LogP contribution in [0, 0.1) is 19.0 Å². The number of phenols is 1. The van der Waals surface area contributed by atoms with Crippen molar-refractivity contribution in [2.24, 2.45) is 16.9 Å². The quantitative estimate of drug-likeness (QED) is 0.247. The van der Waals surface area contributed by atoms with E-state index in [0.29, 0.717) is 7.14 Å². The Kier molecular flexibility index (Phi) is 4.69. The summed E-state index contributed by atoms with van der Waals surface area (Å²) in [5, 5.41) is 15.4. The lowest BCUT2D eigenvalue weighted by Crippen LogP contribution is -2.41. The van der Waals surface area contributed by atoms with E-state index < -0.39 is 11.8 Å². The van der Waals surface area contributed by atoms with Crippen molar-refractivity contribution in [3.8, 4) is 5.75 Å². The van der Waals surface area contributed by atoms with Gasteiger partial charge in [-0.15, -0.1) is 0 Å². The summed E-state index contributed by atoms with van der Waals surface area (Å²) in [6.45, 7) is 0. The third-order valence-electron chi connectivity index (χ3n) is 6.79. The molecule has 0 spiro atoms. The Hall–Kier alpha value is -2.27. The predicted molar refractivity (Wildman–Crippen MR) is 137 cm³/mol. The van der Waals surface area contributed by atoms with E-state index in [-0.39, 0.29) is 29.4 Å². The van der Waals surface area contributed by atoms with Crippen LogP contribution in [0.15, 0.2) is 65.8 Å². The van der Waals surface area contributed by atoms with Crippen molar-refractivity contribution in [3.63, 3.8) is 0 Å². The zero-order chi connectivity index (χ0) is 22.1. The fourth-order valence-corrected chi connectivity index (χ4v) is 7.38. The van der Waals surface area contributed by atoms with Crippen molar-refractivity contribution >= 4 is 63.2 Å². The first kappa shape index (κ1) is 20.3. The summed E-state index contributed by atoms with van der Waals surface area (Å²) >= 11 is 4.10. The zero-order valence-corrected chi connectivity index (χ0v) is 20.9. The number of halogens is 2. The first-order valence-electron chi connectivity index (χ1n) is 10.2. The van der Waals surface area contributed by atoms with Gasteiger partial charge < -0.3 is 5.11 Å². The van der Waals surface area contributed by atoms with Crippen LogP contribution in [-0.4, -0.2) is 28.1 Å². The minimum Gasteiger partial charge on any atom is -0.506 e. The molecule has 1 aliphatic heterocycles. The maximum absolute atomic E-state index is 13.5. The highest BCUT2D eigenvalue weighted by Gasteiger charge is 2.61. The predicted octanol–water partition coefficient (Wildman–Crippen LogP) is 4.83. The first-order chi connectivity index (χ1) is 15.5. The van der Waals surface area contributed by atoms with Gasteiger partial charge in [0.15, 0.2) is 0 Å². The smallest absolute Gasteiger partial charge is 0.254 e. The minimum absolute atomic E-state index is 0.135. The van der Waals surface area contributed by atoms with Gasteiger partial charge in [0.2, 0.25) is 0 Å². The molecule has 1 saturated heterocycles. The Morgan fingerprint density at radius 2 is 1.19 bits per heavy atom. The average molecular weight is 646 g/mol. The lowest BCUT2D eigenvalue weighted by molar-refractivity contribution is -0.139. The van der Waals surface area contributed by atoms with Crippen molar-refractivity contribution < 1.29 is 14.7 Å². The van der Waals surface area contributed by atoms with Crippen molar-refractivity contribution in [1.82, 2.24) is 5.01 Å². The summed E-state index contributed by atoms with van der Waals surface area (Å²) in [6.07, 6.45) is 1.53. The van der Waals surface area contributed by atoms with Crippen LogP contribution in [0.2, 0.25) is 0 Å². The van der Waals surface area contributed by atoms with Gasteiger partial charge >= 0.3 is 0 Å². The van der Waals surface area contributed by atoms with E-state index in [1.54, 1.807) is 12.1 Å². The van der Waals surface area contributed by atoms with E-state index in [1.165, 1.54) is 6.21 Å². The second-order valence-corrected chi connectivity index (χ2v) is 10.7. The summed E-state index contributed by atoms with van der Waals surface area (Å²) in [5.74, 6) is -1.40. The zero-order valence-electron chi connectivity index (χ0n) is 16.6. The van der Waals surface area contributed by atoms with Crippen molar-refractivity contribution in [3.05, 3.63) is 95.6 Å². The summed E-state index contributed by atoms with van der Waals surface area (Å²) < 4.78 is 1.38. The van der Waals surface area contributed by atoms with Crippen LogP contribution in [0.25, 0.3) is 0 Å². The van der Waals surface area contributed by atoms with Crippen LogP contribution in [0.1, 0.15) is 39.7 Å². The molecule has 7 heteroatoms. The number of hydrogen-bond acceptors (Lipinski definition) is 4. The molecule has 2 bridgehead atoms. The number of aromatic hydroxyl groups is 1. The maximum atomic E-state index is 13.5. The van der Waals surface area contributed by atoms with Crippen LogP contribution in [0.4, 0.5) is 0 Å². The van der Waals surface area contributed by atoms with Gasteiger partial charge in [0.05, 0.1) is 25.2 Å². The van der Waals surface area contributed by atoms with Crippen LogP contribution < -0.4 is 0 Å². The van der Waals surface area contributed by atoms with E-state index in [4.69, 9.17) is 0 Å². The highest BCUT2D eigenvalue weighted by Crippen LogP contribution is 2.60. The van der Waals surface area contributed by atoms with Crippen LogP contribution in [0.5, 0.6) is 5.75 Å². The number of imide groups is 1. The third-order valence-corrected chi connectivity index (χ3v) is 8.43. The summed E-state index contributed by atoms with van der Waals surface area (Å²) in [4.78, 5) is 27.0. The van der Waals surface area contributed by atoms with Crippen molar-refractivity contribution in [1.29, 1.82) is 0 Å². The van der Waals surface area contributed by atoms with Gasteiger partial charge in [-0.1, -0.05) is 48.5 Å². The Bertz CT molecular complexity index is 1210. The van der Waals surface area contributed by atoms with E-state index in [0.717, 1.165) is 32.8 Å². The molecule has 1 fully saturated rings. The van der Waals surface area contributed by atoms with Gasteiger partial charge in [-0.25, -0.2) is 0 Å². The van der Waals surface area contributed by atoms with Gasteiger partial charge in [0.1, 0.15) is 5.75 Å². The van der Waals surface area contributed by atoms with E-state index in [1.807, 2.05) is 69.4 Å². The molecular weight excluding hydrogens is 630 g/mol. The minimum atomic E-state index is -0.436. The molecule has 0 saturated carbocycles. The Morgan fingerprint density at radius 1 is 0.781 bits per heavy atom. The summed E-state index contributed by atoms with van der Waals surface area (Å²) in [7, 11) is 0. The molecule has 3 aromatic carbocycles. The topological polar surface area (TPSA) is 70.0 Å². The first-order valence-corrected chi connectivity index (χ1v) is 12.4. The molecule has 7 rings (SSSR count). The van der Waals surface area contributed by atoms with Crippen LogP contribution >= 0.6 is 45.2 Å². The second-order valence-electron chi connectivity index (χ2n) is 8.33. The third kappa shape index (κ3) is 2.76. The molecule has 4 aliphatic rings. The standard InChI is InChI=1S/C25H16I2N2O3/c26-17-9-12(10-18(27)23(17)30)11-28-29-24(31)21-19-13-5-1-2-6-14(13)20(22(21)25(29)32)16-8-4-3-7-15(16)19/h1-11,19-22,30H/b28-11-/t19?,20?,21-,22-/m1/s1. The molecule has 5 nitrogen and oxygen atoms in total. The van der Waals surface area contributed by atoms with Crippen LogP contribution in [0.3, 0.4) is 0 Å². The summed E-state index contributed by atoms with van der Waals surface area (Å²) in [5.41, 5.74) is 5.31. The SMILES string of the molecule is O=C1[C@@H]2C3c4ccccc4C(c4ccccc43)[C@H]2C(=O)N1/N=C\c1cc(I)c(O)c(I)c1. The highest BCUT2D eigenvalue weighted by molar-refractivity contribution is 14.1. The lowest BCUT2D eigenvalue weighted by Gasteiger charge is -2.45. The molecule has 0 radical (unpaired) electrons. The average Bonchev–Trinajstić information content (AvgIpc) is 3.06. The number of carbonyl (C=O) groups is 2. The molecule has 2 atom stereocenters. The number of benzene rings is 3. The summed E-state index contributed by atoms with van der Waals surface area (Å²) in [6, 6.07) is 19.9. The Morgan fingerprint density at radius 3 is 1.59 bits per heavy atom. The molecule has 0 unspecified atom stereocenters. The molecule has 1 N–H and O–H groups in total. The second kappa shape index (κ2) is 7.38. The monoisotopic (exact) mass is 646 g/mol. The number of hydrazone groups is 1. The van der Waals surface area contributed by atoms with Gasteiger partial charge in [-0.2, -0.15) is 10.1 Å². The fourth-order valence-electron chi connectivity index (χ4n) is 5.56. The number of nitrogens with zero attached hydrogens (tertiary/aromatic N) is 2. The normalized spacial score (nSPS) is 25.2. The van der Waals surface area contributed by atoms with Crippen molar-refractivity contribution in [2.45, 2.75) is 11.8 Å². The molecule has 0 aromatic heterocycles. The van der Waals surface area contributed by atoms with Gasteiger partial charge in [-0.05, 0) is 85.1 Å². The van der Waals surface area contributed by atoms with E-state index >= 15 is 0 Å². The molecule has 2 amide bonds. The van der Waals surface area contributed by atoms with Gasteiger partial charge in [-0.3, -0.25) is 9.59 Å². The van der Waals surface area contributed by atoms with Gasteiger partial charge in [0.25, 0.3) is 11.8 Å². The molecule has 3 aromatic rings. The van der Waals surface area contributed by atoms with Gasteiger partial charge in [0, 0.05) is 11.8 Å². The number of phenolic OH excluding ortho intramolecular Hbond substituents is 1. The molecule has 158 valence electrons. The Labute approximate surface area is 211 Å². The molecular formula is C25H16I2N2O3. The maximum Gasteiger partial charge on any atom is 0.254 e. The lowest BCUT2D eigenvalue weighted by atomic mass is 9.55. The fraction of sp³-hybridized carbons (Fsp3) is 0.160.